The number of benzene rings is 3. The fourth-order valence-electron chi connectivity index (χ4n) is 4.82. The van der Waals surface area contributed by atoms with Gasteiger partial charge in [0.1, 0.15) is 0 Å². The zero-order valence-electron chi connectivity index (χ0n) is 19.7. The number of halogens is 1. The first-order valence-electron chi connectivity index (χ1n) is 11.9. The maximum atomic E-state index is 6.55. The topological polar surface area (TPSA) is 47.5 Å². The van der Waals surface area contributed by atoms with E-state index in [-0.39, 0.29) is 0 Å². The molecule has 0 spiro atoms. The number of anilines is 5. The number of likely N-dealkylation sites (N-methyl/N-ethyl adjacent to an activating group) is 1. The van der Waals surface area contributed by atoms with Gasteiger partial charge in [0.05, 0.1) is 28.6 Å². The molecule has 1 fully saturated rings. The zero-order valence-corrected chi connectivity index (χ0v) is 20.4. The first-order valence-corrected chi connectivity index (χ1v) is 12.3. The molecule has 0 atom stereocenters. The van der Waals surface area contributed by atoms with Crippen molar-refractivity contribution in [2.75, 3.05) is 48.3 Å². The number of aromatic nitrogens is 2. The lowest BCUT2D eigenvalue weighted by Gasteiger charge is -2.34. The smallest absolute Gasteiger partial charge is 0.227 e. The van der Waals surface area contributed by atoms with E-state index < -0.39 is 0 Å². The van der Waals surface area contributed by atoms with Crippen LogP contribution in [0.2, 0.25) is 5.02 Å². The van der Waals surface area contributed by atoms with Gasteiger partial charge in [0.2, 0.25) is 5.95 Å². The van der Waals surface area contributed by atoms with Crippen LogP contribution in [0, 0.1) is 0 Å². The molecular weight excluding hydrogens is 456 g/mol. The molecule has 0 aliphatic carbocycles. The van der Waals surface area contributed by atoms with Crippen molar-refractivity contribution < 1.29 is 0 Å². The summed E-state index contributed by atoms with van der Waals surface area (Å²) in [6, 6.07) is 24.8. The number of para-hydroxylation sites is 2. The van der Waals surface area contributed by atoms with Gasteiger partial charge < -0.3 is 20.0 Å². The Balaban J connectivity index is 1.26. The van der Waals surface area contributed by atoms with Crippen molar-refractivity contribution in [2.45, 2.75) is 6.54 Å². The Labute approximate surface area is 210 Å². The van der Waals surface area contributed by atoms with Crippen molar-refractivity contribution in [2.24, 2.45) is 0 Å². The highest BCUT2D eigenvalue weighted by atomic mass is 35.5. The Morgan fingerprint density at radius 3 is 2.31 bits per heavy atom. The lowest BCUT2D eigenvalue weighted by molar-refractivity contribution is 0.313. The fourth-order valence-corrected chi connectivity index (χ4v) is 5.05. The molecule has 3 heterocycles. The lowest BCUT2D eigenvalue weighted by atomic mass is 9.98. The normalized spacial score (nSPS) is 15.5. The molecule has 1 aromatic heterocycles. The number of nitrogens with zero attached hydrogens (tertiary/aromatic N) is 5. The van der Waals surface area contributed by atoms with E-state index in [0.717, 1.165) is 65.1 Å². The van der Waals surface area contributed by atoms with E-state index in [1.165, 1.54) is 5.69 Å². The minimum Gasteiger partial charge on any atom is -0.369 e. The van der Waals surface area contributed by atoms with Gasteiger partial charge in [0, 0.05) is 54.9 Å². The van der Waals surface area contributed by atoms with Gasteiger partial charge in [0.25, 0.3) is 0 Å². The molecule has 0 bridgehead atoms. The zero-order chi connectivity index (χ0) is 23.8. The molecule has 3 aromatic carbocycles. The van der Waals surface area contributed by atoms with Crippen molar-refractivity contribution >= 4 is 40.3 Å². The Morgan fingerprint density at radius 1 is 0.829 bits per heavy atom. The van der Waals surface area contributed by atoms with Crippen LogP contribution < -0.4 is 15.1 Å². The van der Waals surface area contributed by atoms with Crippen molar-refractivity contribution in [3.63, 3.8) is 0 Å². The minimum absolute atomic E-state index is 0.595. The summed E-state index contributed by atoms with van der Waals surface area (Å²) in [5, 5.41) is 4.12. The van der Waals surface area contributed by atoms with Gasteiger partial charge in [-0.2, -0.15) is 0 Å². The largest absolute Gasteiger partial charge is 0.369 e. The van der Waals surface area contributed by atoms with Gasteiger partial charge in [-0.1, -0.05) is 41.9 Å². The van der Waals surface area contributed by atoms with Crippen LogP contribution in [-0.2, 0) is 6.54 Å². The van der Waals surface area contributed by atoms with Crippen LogP contribution in [0.3, 0.4) is 0 Å². The minimum atomic E-state index is 0.595. The van der Waals surface area contributed by atoms with Gasteiger partial charge in [0.15, 0.2) is 0 Å². The van der Waals surface area contributed by atoms with E-state index in [9.17, 15) is 0 Å². The summed E-state index contributed by atoms with van der Waals surface area (Å²) < 4.78 is 0. The van der Waals surface area contributed by atoms with E-state index in [1.807, 2.05) is 36.5 Å². The molecule has 1 N–H and O–H groups in total. The van der Waals surface area contributed by atoms with Gasteiger partial charge in [-0.25, -0.2) is 9.97 Å². The molecule has 7 heteroatoms. The number of hydrogen-bond donors (Lipinski definition) is 1. The summed E-state index contributed by atoms with van der Waals surface area (Å²) in [6.07, 6.45) is 1.92. The predicted octanol–water partition coefficient (Wildman–Crippen LogP) is 5.94. The average Bonchev–Trinajstić information content (AvgIpc) is 2.90. The summed E-state index contributed by atoms with van der Waals surface area (Å²) >= 11 is 6.55. The summed E-state index contributed by atoms with van der Waals surface area (Å²) in [7, 11) is 2.18. The monoisotopic (exact) mass is 482 g/mol. The standard InChI is InChI=1S/C28H27ClN6/c1-33-14-16-34(17-15-33)22-12-10-21(11-13-22)31-28-30-18-20-19-35(26-9-5-3-7-24(26)29)25-8-4-2-6-23(25)27(20)32-28/h2-13,18H,14-17,19H2,1H3,(H,30,31,32). The number of piperazine rings is 1. The van der Waals surface area contributed by atoms with E-state index in [4.69, 9.17) is 16.6 Å². The van der Waals surface area contributed by atoms with Crippen LogP contribution in [0.25, 0.3) is 11.3 Å². The van der Waals surface area contributed by atoms with Gasteiger partial charge in [-0.05, 0) is 49.5 Å². The third-order valence-corrected chi connectivity index (χ3v) is 7.10. The molecule has 35 heavy (non-hydrogen) atoms. The quantitative estimate of drug-likeness (QED) is 0.388. The summed E-state index contributed by atoms with van der Waals surface area (Å²) in [5.41, 5.74) is 7.40. The van der Waals surface area contributed by atoms with Crippen LogP contribution in [-0.4, -0.2) is 48.1 Å². The molecule has 0 amide bonds. The van der Waals surface area contributed by atoms with Gasteiger partial charge in [-0.15, -0.1) is 0 Å². The molecule has 2 aliphatic heterocycles. The molecule has 0 unspecified atom stereocenters. The van der Waals surface area contributed by atoms with E-state index in [1.54, 1.807) is 0 Å². The van der Waals surface area contributed by atoms with Gasteiger partial charge >= 0.3 is 0 Å². The second kappa shape index (κ2) is 9.21. The van der Waals surface area contributed by atoms with Crippen LogP contribution in [0.4, 0.5) is 28.7 Å². The van der Waals surface area contributed by atoms with Crippen LogP contribution in [0.5, 0.6) is 0 Å². The highest BCUT2D eigenvalue weighted by Crippen LogP contribution is 2.43. The molecule has 6 rings (SSSR count). The van der Waals surface area contributed by atoms with Crippen molar-refractivity contribution in [1.82, 2.24) is 14.9 Å². The molecule has 1 saturated heterocycles. The van der Waals surface area contributed by atoms with Crippen LogP contribution in [0.15, 0.2) is 79.0 Å². The Bertz CT molecular complexity index is 1350. The second-order valence-corrected chi connectivity index (χ2v) is 9.49. The van der Waals surface area contributed by atoms with Crippen molar-refractivity contribution in [3.8, 4) is 11.3 Å². The van der Waals surface area contributed by atoms with Crippen molar-refractivity contribution in [1.29, 1.82) is 0 Å². The van der Waals surface area contributed by atoms with Crippen LogP contribution >= 0.6 is 11.6 Å². The number of fused-ring (bicyclic) bond motifs is 3. The summed E-state index contributed by atoms with van der Waals surface area (Å²) in [6.45, 7) is 4.97. The molecule has 2 aliphatic rings. The highest BCUT2D eigenvalue weighted by molar-refractivity contribution is 6.33. The maximum Gasteiger partial charge on any atom is 0.227 e. The number of nitrogens with one attached hydrogen (secondary N) is 1. The van der Waals surface area contributed by atoms with E-state index in [0.29, 0.717) is 12.5 Å². The molecule has 0 radical (unpaired) electrons. The Hall–Kier alpha value is -3.61. The highest BCUT2D eigenvalue weighted by Gasteiger charge is 2.26. The van der Waals surface area contributed by atoms with Crippen molar-refractivity contribution in [3.05, 3.63) is 89.6 Å². The Morgan fingerprint density at radius 2 is 1.54 bits per heavy atom. The first-order chi connectivity index (χ1) is 17.2. The first kappa shape index (κ1) is 21.9. The summed E-state index contributed by atoms with van der Waals surface area (Å²) in [4.78, 5) is 16.6. The molecule has 4 aromatic rings. The molecule has 176 valence electrons. The average molecular weight is 483 g/mol. The molecular formula is C28H27ClN6. The SMILES string of the molecule is CN1CCN(c2ccc(Nc3ncc4c(n3)-c3ccccc3N(c3ccccc3Cl)C4)cc2)CC1. The third kappa shape index (κ3) is 4.31. The summed E-state index contributed by atoms with van der Waals surface area (Å²) in [5.74, 6) is 0.595. The van der Waals surface area contributed by atoms with E-state index in [2.05, 4.69) is 74.5 Å². The Kier molecular flexibility index (Phi) is 5.76. The van der Waals surface area contributed by atoms with E-state index >= 15 is 0 Å². The lowest BCUT2D eigenvalue weighted by Crippen LogP contribution is -2.44. The predicted molar refractivity (Wildman–Crippen MR) is 144 cm³/mol. The van der Waals surface area contributed by atoms with Crippen LogP contribution in [0.1, 0.15) is 5.56 Å². The molecule has 0 saturated carbocycles. The second-order valence-electron chi connectivity index (χ2n) is 9.08. The van der Waals surface area contributed by atoms with Gasteiger partial charge in [-0.3, -0.25) is 0 Å². The maximum absolute atomic E-state index is 6.55. The molecule has 6 nitrogen and oxygen atoms in total. The third-order valence-electron chi connectivity index (χ3n) is 6.78. The number of rotatable bonds is 4. The fraction of sp³-hybridized carbons (Fsp3) is 0.214. The number of hydrogen-bond acceptors (Lipinski definition) is 6.